The van der Waals surface area contributed by atoms with Crippen LogP contribution < -0.4 is 0 Å². The molecule has 0 aliphatic carbocycles. The third-order valence-electron chi connectivity index (χ3n) is 0. The zero-order valence-electron chi connectivity index (χ0n) is 2.17. The van der Waals surface area contributed by atoms with E-state index in [9.17, 15) is 0 Å². The molecule has 0 bridgehead atoms. The van der Waals surface area contributed by atoms with Crippen molar-refractivity contribution in [3.63, 3.8) is 0 Å². The molecule has 0 aromatic heterocycles. The van der Waals surface area contributed by atoms with Crippen molar-refractivity contribution in [2.45, 2.75) is 0 Å². The van der Waals surface area contributed by atoms with Crippen LogP contribution in [0.5, 0.6) is 0 Å². The summed E-state index contributed by atoms with van der Waals surface area (Å²) in [6.07, 6.45) is 0. The van der Waals surface area contributed by atoms with Crippen LogP contribution in [0.15, 0.2) is 0 Å². The van der Waals surface area contributed by atoms with Crippen molar-refractivity contribution in [3.05, 3.63) is 0 Å². The van der Waals surface area contributed by atoms with Crippen LogP contribution in [0.3, 0.4) is 0 Å². The van der Waals surface area contributed by atoms with Crippen molar-refractivity contribution in [2.24, 2.45) is 0 Å². The molecule has 0 unspecified atom stereocenters. The van der Waals surface area contributed by atoms with Gasteiger partial charge in [0.05, 0.1) is 0 Å². The van der Waals surface area contributed by atoms with Crippen molar-refractivity contribution in [3.8, 4) is 0 Å². The van der Waals surface area contributed by atoms with E-state index in [2.05, 4.69) is 0 Å². The van der Waals surface area contributed by atoms with E-state index in [-0.39, 0.29) is 77.4 Å². The van der Waals surface area contributed by atoms with Crippen LogP contribution in [0.25, 0.3) is 0 Å². The fourth-order valence-electron chi connectivity index (χ4n) is 0. The molecule has 27 valence electrons. The summed E-state index contributed by atoms with van der Waals surface area (Å²) >= 11 is 0.194. The zero-order chi connectivity index (χ0) is 2.00. The molecule has 0 saturated heterocycles. The Labute approximate surface area is 78.8 Å². The molecule has 0 spiro atoms. The van der Waals surface area contributed by atoms with Gasteiger partial charge >= 0.3 is 69.3 Å². The van der Waals surface area contributed by atoms with Crippen LogP contribution in [-0.4, -0.2) is 24.7 Å². The zero-order valence-corrected chi connectivity index (χ0v) is 8.79. The third-order valence-corrected chi connectivity index (χ3v) is 0. The second-order valence-corrected chi connectivity index (χ2v) is 0. The van der Waals surface area contributed by atoms with Gasteiger partial charge in [-0.1, -0.05) is 0 Å². The number of hydrogen-bond acceptors (Lipinski definition) is 1. The van der Waals surface area contributed by atoms with Crippen LogP contribution >= 0.6 is 0 Å². The van der Waals surface area contributed by atoms with E-state index in [0.29, 0.717) is 0 Å². The van der Waals surface area contributed by atoms with Gasteiger partial charge in [-0.2, -0.15) is 0 Å². The van der Waals surface area contributed by atoms with Crippen LogP contribution in [-0.2, 0) is 13.8 Å². The normalized spacial score (nSPS) is 0.800. The summed E-state index contributed by atoms with van der Waals surface area (Å²) < 4.78 is 8.36. The molecule has 3 radical (unpaired) electrons. The van der Waals surface area contributed by atoms with Gasteiger partial charge in [-0.25, -0.2) is 0 Å². The maximum atomic E-state index is 8.36. The van der Waals surface area contributed by atoms with Gasteiger partial charge in [0.2, 0.25) is 0 Å². The van der Waals surface area contributed by atoms with E-state index in [0.717, 1.165) is 0 Å². The Hall–Kier alpha value is 1.98. The van der Waals surface area contributed by atoms with Gasteiger partial charge in [-0.05, 0) is 0 Å². The molecule has 0 fully saturated rings. The standard InChI is InChI=1S/Bi.Ce.3O/q+1;+3;;2*-2. The molecule has 3 nitrogen and oxygen atoms in total. The minimum atomic E-state index is 0. The monoisotopic (exact) mass is 397 g/mol. The Morgan fingerprint density at radius 1 is 1.00 bits per heavy atom. The molecular weight excluding hydrogens is 397 g/mol. The molecular formula is BiCeO3. The number of rotatable bonds is 0. The first-order chi connectivity index (χ1) is 1.00. The van der Waals surface area contributed by atoms with Crippen molar-refractivity contribution < 1.29 is 55.5 Å². The summed E-state index contributed by atoms with van der Waals surface area (Å²) in [7, 11) is 0. The summed E-state index contributed by atoms with van der Waals surface area (Å²) in [5.74, 6) is 0. The van der Waals surface area contributed by atoms with E-state index < -0.39 is 0 Å². The first kappa shape index (κ1) is 28.1. The Morgan fingerprint density at radius 3 is 1.00 bits per heavy atom. The topological polar surface area (TPSA) is 74.1 Å². The number of hydrogen-bond donors (Lipinski definition) is 0. The first-order valence-electron chi connectivity index (χ1n) is 0.183. The summed E-state index contributed by atoms with van der Waals surface area (Å²) in [5.41, 5.74) is 0. The van der Waals surface area contributed by atoms with Crippen LogP contribution in [0.1, 0.15) is 0 Å². The average molecular weight is 397 g/mol. The van der Waals surface area contributed by atoms with E-state index in [1.54, 1.807) is 0 Å². The quantitative estimate of drug-likeness (QED) is 0.497. The van der Waals surface area contributed by atoms with Gasteiger partial charge in [-0.3, -0.25) is 0 Å². The molecule has 5 heteroatoms. The Bertz CT molecular complexity index is 6.85. The van der Waals surface area contributed by atoms with Gasteiger partial charge < -0.3 is 11.0 Å². The molecule has 0 heterocycles. The summed E-state index contributed by atoms with van der Waals surface area (Å²) in [6, 6.07) is 0. The van der Waals surface area contributed by atoms with Crippen molar-refractivity contribution in [1.82, 2.24) is 0 Å². The second kappa shape index (κ2) is 37.8. The Kier molecular flexibility index (Phi) is 213. The van der Waals surface area contributed by atoms with Gasteiger partial charge in [-0.15, -0.1) is 0 Å². The molecule has 0 amide bonds. The maximum absolute atomic E-state index is 8.36. The van der Waals surface area contributed by atoms with Crippen molar-refractivity contribution >= 4 is 24.7 Å². The molecule has 0 aromatic carbocycles. The van der Waals surface area contributed by atoms with Crippen LogP contribution in [0.2, 0.25) is 0 Å². The average Bonchev–Trinajstić information content (AvgIpc) is 1.00. The predicted molar refractivity (Wildman–Crippen MR) is 7.81 cm³/mol. The Morgan fingerprint density at radius 2 is 1.00 bits per heavy atom. The van der Waals surface area contributed by atoms with Crippen LogP contribution in [0.4, 0.5) is 0 Å². The molecule has 0 rings (SSSR count). The fraction of sp³-hybridized carbons (Fsp3) is 0. The predicted octanol–water partition coefficient (Wildman–Crippen LogP) is -0.737. The van der Waals surface area contributed by atoms with Crippen molar-refractivity contribution in [1.29, 1.82) is 0 Å². The van der Waals surface area contributed by atoms with Gasteiger partial charge in [0, 0.05) is 0 Å². The molecule has 5 heavy (non-hydrogen) atoms. The minimum absolute atomic E-state index is 0. The molecule has 0 atom stereocenters. The van der Waals surface area contributed by atoms with Crippen molar-refractivity contribution in [2.75, 3.05) is 0 Å². The van der Waals surface area contributed by atoms with Gasteiger partial charge in [0.1, 0.15) is 0 Å². The summed E-state index contributed by atoms with van der Waals surface area (Å²) in [4.78, 5) is 0. The first-order valence-corrected chi connectivity index (χ1v) is 1.60. The van der Waals surface area contributed by atoms with E-state index in [1.807, 2.05) is 0 Å². The van der Waals surface area contributed by atoms with Gasteiger partial charge in [0.15, 0.2) is 0 Å². The molecule has 0 aliphatic heterocycles. The van der Waals surface area contributed by atoms with Crippen LogP contribution in [0, 0.1) is 41.7 Å². The van der Waals surface area contributed by atoms with Gasteiger partial charge in [0.25, 0.3) is 0 Å². The molecule has 0 aliphatic rings. The summed E-state index contributed by atoms with van der Waals surface area (Å²) in [5, 5.41) is 0. The Balaban J connectivity index is -0.00000000167. The van der Waals surface area contributed by atoms with E-state index in [4.69, 9.17) is 2.81 Å². The SMILES string of the molecule is [Ce+3].[O-2].[O-2].[O]=[Bi+]. The molecule has 0 saturated carbocycles. The summed E-state index contributed by atoms with van der Waals surface area (Å²) in [6.45, 7) is 0. The third kappa shape index (κ3) is 24.2. The van der Waals surface area contributed by atoms with E-state index >= 15 is 0 Å². The molecule has 0 N–H and O–H groups in total. The fourth-order valence-corrected chi connectivity index (χ4v) is 0. The molecule has 0 aromatic rings. The second-order valence-electron chi connectivity index (χ2n) is 0. The van der Waals surface area contributed by atoms with E-state index in [1.165, 1.54) is 0 Å².